The maximum atomic E-state index is 11.4. The zero-order valence-corrected chi connectivity index (χ0v) is 10.00. The molecule has 0 amide bonds. The quantitative estimate of drug-likeness (QED) is 0.803. The first-order chi connectivity index (χ1) is 8.63. The summed E-state index contributed by atoms with van der Waals surface area (Å²) in [6.07, 6.45) is 2.93. The number of carbonyl (C=O) groups excluding carboxylic acids is 1. The number of aromatic nitrogens is 1. The van der Waals surface area contributed by atoms with Crippen LogP contribution in [0.5, 0.6) is 0 Å². The molecule has 1 aliphatic heterocycles. The summed E-state index contributed by atoms with van der Waals surface area (Å²) < 4.78 is 4.59. The van der Waals surface area contributed by atoms with Gasteiger partial charge in [0.2, 0.25) is 0 Å². The van der Waals surface area contributed by atoms with E-state index in [-0.39, 0.29) is 5.69 Å². The molecule has 1 saturated heterocycles. The Balaban J connectivity index is 2.28. The molecule has 0 aromatic carbocycles. The highest BCUT2D eigenvalue weighted by Crippen LogP contribution is 2.25. The second-order valence-electron chi connectivity index (χ2n) is 4.08. The van der Waals surface area contributed by atoms with Crippen LogP contribution in [0.3, 0.4) is 0 Å². The minimum absolute atomic E-state index is 0.186. The molecule has 0 aliphatic carbocycles. The molecule has 1 aromatic rings. The Labute approximate surface area is 104 Å². The zero-order chi connectivity index (χ0) is 13.1. The van der Waals surface area contributed by atoms with Crippen LogP contribution in [0.2, 0.25) is 0 Å². The summed E-state index contributed by atoms with van der Waals surface area (Å²) in [5.41, 5.74) is 0.876. The van der Waals surface area contributed by atoms with Gasteiger partial charge >= 0.3 is 11.9 Å². The number of esters is 1. The first-order valence-corrected chi connectivity index (χ1v) is 5.67. The molecule has 2 rings (SSSR count). The third kappa shape index (κ3) is 2.27. The van der Waals surface area contributed by atoms with Crippen LogP contribution in [-0.2, 0) is 9.53 Å². The number of aliphatic carboxylic acids is 1. The average molecular weight is 250 g/mol. The van der Waals surface area contributed by atoms with Crippen LogP contribution in [0.25, 0.3) is 0 Å². The summed E-state index contributed by atoms with van der Waals surface area (Å²) in [4.78, 5) is 28.2. The molecular formula is C12H14N2O4. The van der Waals surface area contributed by atoms with E-state index in [1.54, 1.807) is 17.0 Å². The van der Waals surface area contributed by atoms with Gasteiger partial charge in [-0.2, -0.15) is 0 Å². The van der Waals surface area contributed by atoms with Crippen molar-refractivity contribution in [1.29, 1.82) is 0 Å². The van der Waals surface area contributed by atoms with Crippen molar-refractivity contribution in [2.75, 3.05) is 18.6 Å². The zero-order valence-electron chi connectivity index (χ0n) is 10.00. The lowest BCUT2D eigenvalue weighted by Crippen LogP contribution is -2.36. The number of nitrogens with zero attached hydrogens (tertiary/aromatic N) is 2. The second-order valence-corrected chi connectivity index (χ2v) is 4.08. The van der Waals surface area contributed by atoms with E-state index < -0.39 is 18.0 Å². The fraction of sp³-hybridized carbons (Fsp3) is 0.417. The molecular weight excluding hydrogens is 236 g/mol. The summed E-state index contributed by atoms with van der Waals surface area (Å²) in [5.74, 6) is -1.37. The van der Waals surface area contributed by atoms with Crippen molar-refractivity contribution in [1.82, 2.24) is 4.98 Å². The number of ether oxygens (including phenoxy) is 1. The van der Waals surface area contributed by atoms with Gasteiger partial charge in [-0.1, -0.05) is 0 Å². The smallest absolute Gasteiger partial charge is 0.356 e. The Morgan fingerprint density at radius 3 is 3.00 bits per heavy atom. The van der Waals surface area contributed by atoms with E-state index in [0.29, 0.717) is 18.7 Å². The van der Waals surface area contributed by atoms with Crippen molar-refractivity contribution < 1.29 is 19.4 Å². The van der Waals surface area contributed by atoms with E-state index in [1.807, 2.05) is 0 Å². The van der Waals surface area contributed by atoms with E-state index >= 15 is 0 Å². The molecule has 2 heterocycles. The molecule has 1 fully saturated rings. The predicted molar refractivity (Wildman–Crippen MR) is 63.6 cm³/mol. The van der Waals surface area contributed by atoms with Gasteiger partial charge in [-0.25, -0.2) is 14.6 Å². The van der Waals surface area contributed by atoms with Gasteiger partial charge < -0.3 is 14.7 Å². The van der Waals surface area contributed by atoms with E-state index in [2.05, 4.69) is 9.72 Å². The first-order valence-electron chi connectivity index (χ1n) is 5.67. The Hall–Kier alpha value is -2.11. The van der Waals surface area contributed by atoms with E-state index in [0.717, 1.165) is 6.42 Å². The summed E-state index contributed by atoms with van der Waals surface area (Å²) in [6.45, 7) is 0.668. The van der Waals surface area contributed by atoms with Gasteiger partial charge in [-0.15, -0.1) is 0 Å². The van der Waals surface area contributed by atoms with Gasteiger partial charge in [0.05, 0.1) is 7.11 Å². The number of carboxylic acid groups (broad SMARTS) is 1. The minimum Gasteiger partial charge on any atom is -0.480 e. The van der Waals surface area contributed by atoms with Crippen LogP contribution in [0.4, 0.5) is 5.69 Å². The van der Waals surface area contributed by atoms with E-state index in [9.17, 15) is 9.59 Å². The van der Waals surface area contributed by atoms with Gasteiger partial charge in [-0.3, -0.25) is 0 Å². The Bertz CT molecular complexity index is 475. The van der Waals surface area contributed by atoms with E-state index in [1.165, 1.54) is 13.3 Å². The molecule has 0 bridgehead atoms. The number of carbonyl (C=O) groups is 2. The van der Waals surface area contributed by atoms with Crippen LogP contribution < -0.4 is 4.90 Å². The van der Waals surface area contributed by atoms with Gasteiger partial charge in [0, 0.05) is 18.4 Å². The minimum atomic E-state index is -0.844. The maximum absolute atomic E-state index is 11.4. The molecule has 0 radical (unpaired) electrons. The standard InChI is InChI=1S/C12H14N2O4/c1-18-12(17)9-7-8(4-5-13-9)14-6-2-3-10(14)11(15)16/h4-5,7,10H,2-3,6H2,1H3,(H,15,16). The summed E-state index contributed by atoms with van der Waals surface area (Å²) in [6, 6.07) is 2.73. The predicted octanol–water partition coefficient (Wildman–Crippen LogP) is 0.922. The van der Waals surface area contributed by atoms with Crippen molar-refractivity contribution in [3.8, 4) is 0 Å². The Morgan fingerprint density at radius 1 is 1.56 bits per heavy atom. The van der Waals surface area contributed by atoms with Gasteiger partial charge in [0.15, 0.2) is 0 Å². The highest BCUT2D eigenvalue weighted by atomic mass is 16.5. The molecule has 1 N–H and O–H groups in total. The van der Waals surface area contributed by atoms with Crippen molar-refractivity contribution in [2.45, 2.75) is 18.9 Å². The summed E-state index contributed by atoms with van der Waals surface area (Å²) in [5, 5.41) is 9.12. The third-order valence-corrected chi connectivity index (χ3v) is 3.01. The van der Waals surface area contributed by atoms with Crippen molar-refractivity contribution in [2.24, 2.45) is 0 Å². The van der Waals surface area contributed by atoms with Gasteiger partial charge in [-0.05, 0) is 25.0 Å². The highest BCUT2D eigenvalue weighted by Gasteiger charge is 2.30. The largest absolute Gasteiger partial charge is 0.480 e. The topological polar surface area (TPSA) is 79.7 Å². The summed E-state index contributed by atoms with van der Waals surface area (Å²) >= 11 is 0. The number of hydrogen-bond acceptors (Lipinski definition) is 5. The number of carboxylic acids is 1. The normalized spacial score (nSPS) is 18.7. The molecule has 1 atom stereocenters. The summed E-state index contributed by atoms with van der Waals surface area (Å²) in [7, 11) is 1.28. The number of pyridine rings is 1. The SMILES string of the molecule is COC(=O)c1cc(N2CCCC2C(=O)O)ccn1. The molecule has 96 valence electrons. The fourth-order valence-corrected chi connectivity index (χ4v) is 2.15. The Kier molecular flexibility index (Phi) is 3.45. The molecule has 1 aromatic heterocycles. The molecule has 6 heteroatoms. The number of methoxy groups -OCH3 is 1. The maximum Gasteiger partial charge on any atom is 0.356 e. The lowest BCUT2D eigenvalue weighted by Gasteiger charge is -2.23. The third-order valence-electron chi connectivity index (χ3n) is 3.01. The molecule has 0 saturated carbocycles. The van der Waals surface area contributed by atoms with Crippen LogP contribution >= 0.6 is 0 Å². The number of rotatable bonds is 3. The second kappa shape index (κ2) is 5.03. The molecule has 1 unspecified atom stereocenters. The van der Waals surface area contributed by atoms with Crippen molar-refractivity contribution in [3.05, 3.63) is 24.0 Å². The van der Waals surface area contributed by atoms with Crippen LogP contribution in [0, 0.1) is 0 Å². The monoisotopic (exact) mass is 250 g/mol. The average Bonchev–Trinajstić information content (AvgIpc) is 2.87. The van der Waals surface area contributed by atoms with Crippen LogP contribution in [-0.4, -0.2) is 41.7 Å². The lowest BCUT2D eigenvalue weighted by molar-refractivity contribution is -0.138. The number of hydrogen-bond donors (Lipinski definition) is 1. The highest BCUT2D eigenvalue weighted by molar-refractivity contribution is 5.88. The number of anilines is 1. The van der Waals surface area contributed by atoms with Crippen molar-refractivity contribution in [3.63, 3.8) is 0 Å². The first kappa shape index (κ1) is 12.3. The van der Waals surface area contributed by atoms with E-state index in [4.69, 9.17) is 5.11 Å². The van der Waals surface area contributed by atoms with Gasteiger partial charge in [0.25, 0.3) is 0 Å². The molecule has 18 heavy (non-hydrogen) atoms. The molecule has 0 spiro atoms. The van der Waals surface area contributed by atoms with Crippen LogP contribution in [0.1, 0.15) is 23.3 Å². The Morgan fingerprint density at radius 2 is 2.33 bits per heavy atom. The molecule has 6 nitrogen and oxygen atoms in total. The van der Waals surface area contributed by atoms with Gasteiger partial charge in [0.1, 0.15) is 11.7 Å². The van der Waals surface area contributed by atoms with Crippen molar-refractivity contribution >= 4 is 17.6 Å². The lowest BCUT2D eigenvalue weighted by atomic mass is 10.2. The van der Waals surface area contributed by atoms with Crippen LogP contribution in [0.15, 0.2) is 18.3 Å². The fourth-order valence-electron chi connectivity index (χ4n) is 2.15. The molecule has 1 aliphatic rings.